The number of halogens is 1. The van der Waals surface area contributed by atoms with Crippen molar-refractivity contribution in [2.75, 3.05) is 19.8 Å². The lowest BCUT2D eigenvalue weighted by Gasteiger charge is -2.24. The van der Waals surface area contributed by atoms with E-state index in [1.807, 2.05) is 19.1 Å². The van der Waals surface area contributed by atoms with Crippen LogP contribution in [0.4, 0.5) is 0 Å². The van der Waals surface area contributed by atoms with Crippen molar-refractivity contribution >= 4 is 41.0 Å². The molecular formula is C32H29ClN2O7S. The molecule has 0 aliphatic carbocycles. The SMILES string of the molecule is CCOC(=O)C1=C(C)N=c2s/c(=C\c3ccc(-c4ccc(Cl)c(C(=O)OCC)c4)o3)c(=O)n2[C@H]1c1ccc(OCC)cc1. The van der Waals surface area contributed by atoms with Crippen LogP contribution in [0.25, 0.3) is 17.4 Å². The van der Waals surface area contributed by atoms with Crippen LogP contribution in [-0.2, 0) is 14.3 Å². The minimum Gasteiger partial charge on any atom is -0.494 e. The molecule has 0 saturated carbocycles. The Morgan fingerprint density at radius 3 is 2.42 bits per heavy atom. The van der Waals surface area contributed by atoms with Crippen molar-refractivity contribution in [2.24, 2.45) is 4.99 Å². The lowest BCUT2D eigenvalue weighted by molar-refractivity contribution is -0.139. The van der Waals surface area contributed by atoms with Crippen molar-refractivity contribution in [3.05, 3.63) is 107 Å². The molecule has 5 rings (SSSR count). The van der Waals surface area contributed by atoms with Gasteiger partial charge in [0.25, 0.3) is 5.56 Å². The maximum Gasteiger partial charge on any atom is 0.339 e. The van der Waals surface area contributed by atoms with Gasteiger partial charge in [0, 0.05) is 11.6 Å². The van der Waals surface area contributed by atoms with Gasteiger partial charge in [-0.05, 0) is 75.7 Å². The Kier molecular flexibility index (Phi) is 8.98. The molecule has 43 heavy (non-hydrogen) atoms. The summed E-state index contributed by atoms with van der Waals surface area (Å²) in [4.78, 5) is 44.3. The number of thiazole rings is 1. The molecule has 0 radical (unpaired) electrons. The zero-order valence-electron chi connectivity index (χ0n) is 24.0. The van der Waals surface area contributed by atoms with Gasteiger partial charge in [-0.3, -0.25) is 9.36 Å². The molecule has 0 saturated heterocycles. The van der Waals surface area contributed by atoms with Crippen LogP contribution in [0.1, 0.15) is 55.4 Å². The minimum absolute atomic E-state index is 0.186. The Bertz CT molecular complexity index is 1900. The Morgan fingerprint density at radius 2 is 1.72 bits per heavy atom. The number of rotatable bonds is 9. The van der Waals surface area contributed by atoms with E-state index in [4.69, 9.17) is 30.2 Å². The third-order valence-corrected chi connectivity index (χ3v) is 7.98. The largest absolute Gasteiger partial charge is 0.494 e. The molecule has 0 spiro atoms. The topological polar surface area (TPSA) is 109 Å². The number of ether oxygens (including phenoxy) is 3. The van der Waals surface area contributed by atoms with Gasteiger partial charge in [-0.2, -0.15) is 0 Å². The van der Waals surface area contributed by atoms with Crippen LogP contribution in [0, 0.1) is 0 Å². The first-order chi connectivity index (χ1) is 20.7. The van der Waals surface area contributed by atoms with Gasteiger partial charge in [-0.1, -0.05) is 35.1 Å². The van der Waals surface area contributed by atoms with Crippen LogP contribution in [0.2, 0.25) is 5.02 Å². The minimum atomic E-state index is -0.740. The Morgan fingerprint density at radius 1 is 1.00 bits per heavy atom. The second-order valence-electron chi connectivity index (χ2n) is 9.42. The zero-order chi connectivity index (χ0) is 30.7. The van der Waals surface area contributed by atoms with E-state index >= 15 is 0 Å². The number of hydrogen-bond donors (Lipinski definition) is 0. The number of allylic oxidation sites excluding steroid dienone is 1. The summed E-state index contributed by atoms with van der Waals surface area (Å²) in [5, 5.41) is 0.273. The fraction of sp³-hybridized carbons (Fsp3) is 0.250. The molecule has 2 aromatic carbocycles. The molecule has 1 aliphatic rings. The predicted molar refractivity (Wildman–Crippen MR) is 163 cm³/mol. The van der Waals surface area contributed by atoms with Crippen LogP contribution >= 0.6 is 22.9 Å². The van der Waals surface area contributed by atoms with E-state index in [-0.39, 0.29) is 29.4 Å². The normalized spacial score (nSPS) is 14.7. The monoisotopic (exact) mass is 620 g/mol. The van der Waals surface area contributed by atoms with Crippen LogP contribution in [0.5, 0.6) is 5.75 Å². The maximum absolute atomic E-state index is 13.9. The molecule has 0 N–H and O–H groups in total. The number of furan rings is 1. The van der Waals surface area contributed by atoms with Gasteiger partial charge in [-0.15, -0.1) is 0 Å². The third kappa shape index (κ3) is 6.07. The molecule has 0 bridgehead atoms. The van der Waals surface area contributed by atoms with Crippen molar-refractivity contribution in [3.8, 4) is 17.1 Å². The molecule has 9 nitrogen and oxygen atoms in total. The Hall–Kier alpha value is -4.41. The number of aromatic nitrogens is 1. The highest BCUT2D eigenvalue weighted by Crippen LogP contribution is 2.32. The highest BCUT2D eigenvalue weighted by Gasteiger charge is 2.33. The number of carbonyl (C=O) groups excluding carboxylic acids is 2. The molecule has 222 valence electrons. The van der Waals surface area contributed by atoms with E-state index in [1.165, 1.54) is 15.9 Å². The average Bonchev–Trinajstić information content (AvgIpc) is 3.57. The second-order valence-corrected chi connectivity index (χ2v) is 10.8. The van der Waals surface area contributed by atoms with E-state index in [9.17, 15) is 14.4 Å². The third-order valence-electron chi connectivity index (χ3n) is 6.67. The van der Waals surface area contributed by atoms with Crippen LogP contribution in [-0.4, -0.2) is 36.3 Å². The molecule has 2 aromatic heterocycles. The molecular weight excluding hydrogens is 592 g/mol. The molecule has 1 aliphatic heterocycles. The van der Waals surface area contributed by atoms with E-state index < -0.39 is 18.0 Å². The van der Waals surface area contributed by atoms with Gasteiger partial charge >= 0.3 is 11.9 Å². The summed E-state index contributed by atoms with van der Waals surface area (Å²) in [5.74, 6) is 0.529. The molecule has 4 aromatic rings. The van der Waals surface area contributed by atoms with Crippen LogP contribution < -0.4 is 19.6 Å². The summed E-state index contributed by atoms with van der Waals surface area (Å²) in [6, 6.07) is 15.0. The number of nitrogens with zero attached hydrogens (tertiary/aromatic N) is 2. The summed E-state index contributed by atoms with van der Waals surface area (Å²) in [7, 11) is 0. The first-order valence-electron chi connectivity index (χ1n) is 13.7. The summed E-state index contributed by atoms with van der Waals surface area (Å²) in [5.41, 5.74) is 2.02. The standard InChI is InChI=1S/C32H29ClN2O7S/c1-5-39-21-11-8-19(9-12-21)28-27(31(38)41-7-3)18(4)34-32-35(28)29(36)26(43-32)17-22-13-15-25(42-22)20-10-14-24(33)23(16-20)30(37)40-6-2/h8-17,28H,5-7H2,1-4H3/b26-17-/t28-/m0/s1. The highest BCUT2D eigenvalue weighted by molar-refractivity contribution is 7.07. The maximum atomic E-state index is 13.9. The van der Waals surface area contributed by atoms with Crippen molar-refractivity contribution in [1.29, 1.82) is 0 Å². The van der Waals surface area contributed by atoms with Crippen molar-refractivity contribution in [3.63, 3.8) is 0 Å². The average molecular weight is 621 g/mol. The molecule has 1 atom stereocenters. The summed E-state index contributed by atoms with van der Waals surface area (Å²) < 4.78 is 24.0. The second kappa shape index (κ2) is 12.8. The first kappa shape index (κ1) is 30.1. The zero-order valence-corrected chi connectivity index (χ0v) is 25.6. The van der Waals surface area contributed by atoms with Crippen molar-refractivity contribution < 1.29 is 28.2 Å². The van der Waals surface area contributed by atoms with E-state index in [1.54, 1.807) is 69.3 Å². The van der Waals surface area contributed by atoms with Gasteiger partial charge < -0.3 is 18.6 Å². The fourth-order valence-electron chi connectivity index (χ4n) is 4.78. The first-order valence-corrected chi connectivity index (χ1v) is 14.9. The number of benzene rings is 2. The molecule has 0 fully saturated rings. The Balaban J connectivity index is 1.57. The lowest BCUT2D eigenvalue weighted by Crippen LogP contribution is -2.39. The molecule has 0 amide bonds. The summed E-state index contributed by atoms with van der Waals surface area (Å²) in [6.07, 6.45) is 1.63. The lowest BCUT2D eigenvalue weighted by atomic mass is 9.96. The number of fused-ring (bicyclic) bond motifs is 1. The van der Waals surface area contributed by atoms with Gasteiger partial charge in [-0.25, -0.2) is 14.6 Å². The van der Waals surface area contributed by atoms with E-state index in [0.717, 1.165) is 0 Å². The van der Waals surface area contributed by atoms with Crippen LogP contribution in [0.15, 0.2) is 80.1 Å². The van der Waals surface area contributed by atoms with Gasteiger partial charge in [0.15, 0.2) is 4.80 Å². The predicted octanol–water partition coefficient (Wildman–Crippen LogP) is 5.29. The van der Waals surface area contributed by atoms with Gasteiger partial charge in [0.2, 0.25) is 0 Å². The van der Waals surface area contributed by atoms with Gasteiger partial charge in [0.1, 0.15) is 17.3 Å². The molecule has 11 heteroatoms. The number of hydrogen-bond acceptors (Lipinski definition) is 9. The highest BCUT2D eigenvalue weighted by atomic mass is 35.5. The number of carbonyl (C=O) groups is 2. The van der Waals surface area contributed by atoms with Crippen molar-refractivity contribution in [2.45, 2.75) is 33.7 Å². The summed E-state index contributed by atoms with van der Waals surface area (Å²) >= 11 is 7.40. The smallest absolute Gasteiger partial charge is 0.339 e. The van der Waals surface area contributed by atoms with Crippen molar-refractivity contribution in [1.82, 2.24) is 4.57 Å². The summed E-state index contributed by atoms with van der Waals surface area (Å²) in [6.45, 7) is 8.01. The van der Waals surface area contributed by atoms with E-state index in [2.05, 4.69) is 4.99 Å². The number of esters is 2. The molecule has 0 unspecified atom stereocenters. The van der Waals surface area contributed by atoms with E-state index in [0.29, 0.717) is 55.6 Å². The molecule has 3 heterocycles. The van der Waals surface area contributed by atoms with Crippen LogP contribution in [0.3, 0.4) is 0 Å². The quantitative estimate of drug-likeness (QED) is 0.234. The van der Waals surface area contributed by atoms with Gasteiger partial charge in [0.05, 0.1) is 52.3 Å². The fourth-order valence-corrected chi connectivity index (χ4v) is 6.00. The Labute approximate surface area is 256 Å².